The maximum Gasteiger partial charge on any atom is 0.246 e. The monoisotopic (exact) mass is 581 g/mol. The third kappa shape index (κ3) is 7.87. The maximum atomic E-state index is 13.7. The molecule has 2 aromatic carbocycles. The number of hydrogen-bond donors (Lipinski definition) is 3. The Bertz CT molecular complexity index is 1230. The fraction of sp³-hybridized carbons (Fsp3) is 0.531. The van der Waals surface area contributed by atoms with E-state index in [1.807, 2.05) is 19.1 Å². The molecule has 2 aliphatic heterocycles. The van der Waals surface area contributed by atoms with Gasteiger partial charge in [0.2, 0.25) is 17.7 Å². The number of piperidine rings is 1. The Morgan fingerprint density at radius 2 is 1.78 bits per heavy atom. The highest BCUT2D eigenvalue weighted by Crippen LogP contribution is 2.26. The molecule has 2 aliphatic rings. The number of fused-ring (bicyclic) bond motifs is 1. The van der Waals surface area contributed by atoms with Crippen molar-refractivity contribution in [2.75, 3.05) is 18.4 Å². The molecule has 1 fully saturated rings. The van der Waals surface area contributed by atoms with Crippen molar-refractivity contribution in [1.82, 2.24) is 15.1 Å². The molecule has 0 bridgehead atoms. The molecule has 2 unspecified atom stereocenters. The maximum absolute atomic E-state index is 13.7. The van der Waals surface area contributed by atoms with Gasteiger partial charge in [-0.05, 0) is 107 Å². The molecule has 4 atom stereocenters. The molecule has 0 aromatic heterocycles. The highest BCUT2D eigenvalue weighted by Gasteiger charge is 2.34. The van der Waals surface area contributed by atoms with Gasteiger partial charge in [0.15, 0.2) is 0 Å². The zero-order valence-corrected chi connectivity index (χ0v) is 25.3. The fourth-order valence-electron chi connectivity index (χ4n) is 6.20. The van der Waals surface area contributed by atoms with Crippen LogP contribution >= 0.6 is 11.6 Å². The molecule has 0 radical (unpaired) electrons. The molecule has 0 saturated carbocycles. The number of nitrogens with zero attached hydrogens (tertiary/aromatic N) is 2. The Morgan fingerprint density at radius 1 is 1.07 bits per heavy atom. The van der Waals surface area contributed by atoms with Crippen LogP contribution in [0.1, 0.15) is 69.1 Å². The van der Waals surface area contributed by atoms with Crippen LogP contribution in [0.15, 0.2) is 42.5 Å². The third-order valence-corrected chi connectivity index (χ3v) is 8.90. The van der Waals surface area contributed by atoms with E-state index < -0.39 is 12.1 Å². The predicted octanol–water partition coefficient (Wildman–Crippen LogP) is 4.42. The second kappa shape index (κ2) is 14.3. The molecule has 222 valence electrons. The van der Waals surface area contributed by atoms with Crippen molar-refractivity contribution in [3.63, 3.8) is 0 Å². The molecule has 1 saturated heterocycles. The number of nitrogens with two attached hydrogens (primary N) is 1. The van der Waals surface area contributed by atoms with Gasteiger partial charge < -0.3 is 21.3 Å². The van der Waals surface area contributed by atoms with Gasteiger partial charge in [-0.2, -0.15) is 0 Å². The van der Waals surface area contributed by atoms with E-state index >= 15 is 0 Å². The quantitative estimate of drug-likeness (QED) is 0.385. The van der Waals surface area contributed by atoms with Crippen LogP contribution in [0.5, 0.6) is 0 Å². The first-order chi connectivity index (χ1) is 19.7. The van der Waals surface area contributed by atoms with Crippen molar-refractivity contribution in [1.29, 1.82) is 0 Å². The first kappa shape index (κ1) is 31.0. The Morgan fingerprint density at radius 3 is 2.46 bits per heavy atom. The van der Waals surface area contributed by atoms with Gasteiger partial charge >= 0.3 is 0 Å². The summed E-state index contributed by atoms with van der Waals surface area (Å²) in [7, 11) is 0. The number of benzene rings is 2. The molecule has 0 spiro atoms. The van der Waals surface area contributed by atoms with Gasteiger partial charge in [0.1, 0.15) is 6.04 Å². The van der Waals surface area contributed by atoms with E-state index in [4.69, 9.17) is 17.3 Å². The van der Waals surface area contributed by atoms with Crippen LogP contribution in [0.25, 0.3) is 0 Å². The number of carbonyl (C=O) groups is 3. The average molecular weight is 582 g/mol. The number of hydrogen-bond acceptors (Lipinski definition) is 5. The lowest BCUT2D eigenvalue weighted by atomic mass is 9.92. The summed E-state index contributed by atoms with van der Waals surface area (Å²) in [6.07, 6.45) is 5.26. The predicted molar refractivity (Wildman–Crippen MR) is 164 cm³/mol. The highest BCUT2D eigenvalue weighted by atomic mass is 35.5. The van der Waals surface area contributed by atoms with E-state index in [1.54, 1.807) is 18.2 Å². The summed E-state index contributed by atoms with van der Waals surface area (Å²) in [5, 5.41) is 6.49. The van der Waals surface area contributed by atoms with Crippen LogP contribution < -0.4 is 16.4 Å². The molecular weight excluding hydrogens is 538 g/mol. The summed E-state index contributed by atoms with van der Waals surface area (Å²) >= 11 is 6.13. The van der Waals surface area contributed by atoms with Crippen molar-refractivity contribution >= 4 is 35.0 Å². The smallest absolute Gasteiger partial charge is 0.246 e. The third-order valence-electron chi connectivity index (χ3n) is 8.48. The van der Waals surface area contributed by atoms with E-state index in [2.05, 4.69) is 46.4 Å². The van der Waals surface area contributed by atoms with Crippen LogP contribution in [0, 0.1) is 6.92 Å². The fourth-order valence-corrected chi connectivity index (χ4v) is 6.32. The number of halogens is 1. The zero-order chi connectivity index (χ0) is 29.5. The lowest BCUT2D eigenvalue weighted by Crippen LogP contribution is -2.55. The highest BCUT2D eigenvalue weighted by molar-refractivity contribution is 6.31. The lowest BCUT2D eigenvalue weighted by Gasteiger charge is -2.39. The zero-order valence-electron chi connectivity index (χ0n) is 24.5. The first-order valence-corrected chi connectivity index (χ1v) is 15.2. The van der Waals surface area contributed by atoms with Crippen molar-refractivity contribution < 1.29 is 14.4 Å². The topological polar surface area (TPSA) is 108 Å². The molecule has 41 heavy (non-hydrogen) atoms. The van der Waals surface area contributed by atoms with E-state index in [-0.39, 0.29) is 36.3 Å². The first-order valence-electron chi connectivity index (χ1n) is 14.9. The summed E-state index contributed by atoms with van der Waals surface area (Å²) in [5.41, 5.74) is 9.62. The van der Waals surface area contributed by atoms with Gasteiger partial charge in [0.25, 0.3) is 0 Å². The summed E-state index contributed by atoms with van der Waals surface area (Å²) in [6.45, 7) is 7.64. The molecule has 2 aromatic rings. The standard InChI is InChI=1S/C32H44ClN5O3/c1-21-18-26(13-14-27(21)33)35-31(40)28(15-16-34)36-32(41)29-19-24-10-4-5-11-25(24)20-37(29)17-7-12-30(39)38-22(2)8-6-9-23(38)3/h4-5,10-11,13-14,18,22-23,28-29H,6-9,12,15-17,19-20,34H2,1-3H3,(H,35,40)(H,36,41)/t22?,23?,28-,29-/m0/s1. The van der Waals surface area contributed by atoms with Gasteiger partial charge in [0, 0.05) is 35.8 Å². The SMILES string of the molecule is Cc1cc(NC(=O)[C@H](CCN)NC(=O)[C@@H]2Cc3ccccc3CN2CCCC(=O)N2C(C)CCCC2C)ccc1Cl. The van der Waals surface area contributed by atoms with Crippen LogP contribution in [-0.2, 0) is 27.3 Å². The van der Waals surface area contributed by atoms with Gasteiger partial charge in [-0.1, -0.05) is 35.9 Å². The number of carbonyl (C=O) groups excluding carboxylic acids is 3. The number of amides is 3. The molecule has 0 aliphatic carbocycles. The van der Waals surface area contributed by atoms with E-state index in [0.717, 1.165) is 24.0 Å². The normalized spacial score (nSPS) is 21.6. The second-order valence-electron chi connectivity index (χ2n) is 11.6. The molecular formula is C32H44ClN5O3. The summed E-state index contributed by atoms with van der Waals surface area (Å²) in [6, 6.07) is 12.8. The van der Waals surface area contributed by atoms with Crippen LogP contribution in [0.2, 0.25) is 5.02 Å². The summed E-state index contributed by atoms with van der Waals surface area (Å²) < 4.78 is 0. The Balaban J connectivity index is 1.43. The minimum Gasteiger partial charge on any atom is -0.343 e. The van der Waals surface area contributed by atoms with Gasteiger partial charge in [-0.3, -0.25) is 19.3 Å². The number of rotatable bonds is 10. The minimum absolute atomic E-state index is 0.195. The Kier molecular flexibility index (Phi) is 10.8. The van der Waals surface area contributed by atoms with Crippen molar-refractivity contribution in [2.24, 2.45) is 5.73 Å². The summed E-state index contributed by atoms with van der Waals surface area (Å²) in [5.74, 6) is -0.325. The molecule has 9 heteroatoms. The van der Waals surface area contributed by atoms with Crippen LogP contribution in [0.4, 0.5) is 5.69 Å². The molecule has 3 amide bonds. The molecule has 4 rings (SSSR count). The van der Waals surface area contributed by atoms with Crippen molar-refractivity contribution in [3.8, 4) is 0 Å². The number of aryl methyl sites for hydroxylation is 1. The second-order valence-corrected chi connectivity index (χ2v) is 12.0. The summed E-state index contributed by atoms with van der Waals surface area (Å²) in [4.78, 5) is 44.2. The molecule has 4 N–H and O–H groups in total. The largest absolute Gasteiger partial charge is 0.343 e. The van der Waals surface area contributed by atoms with E-state index in [0.29, 0.717) is 49.5 Å². The number of nitrogens with one attached hydrogen (secondary N) is 2. The lowest BCUT2D eigenvalue weighted by molar-refractivity contribution is -0.137. The van der Waals surface area contributed by atoms with Crippen LogP contribution in [-0.4, -0.2) is 64.8 Å². The van der Waals surface area contributed by atoms with Crippen LogP contribution in [0.3, 0.4) is 0 Å². The van der Waals surface area contributed by atoms with Crippen molar-refractivity contribution in [2.45, 2.75) is 96.4 Å². The van der Waals surface area contributed by atoms with E-state index in [9.17, 15) is 14.4 Å². The Hall–Kier alpha value is -2.94. The minimum atomic E-state index is -0.772. The molecule has 2 heterocycles. The number of anilines is 1. The number of likely N-dealkylation sites (tertiary alicyclic amines) is 1. The van der Waals surface area contributed by atoms with Gasteiger partial charge in [-0.25, -0.2) is 0 Å². The van der Waals surface area contributed by atoms with Gasteiger partial charge in [-0.15, -0.1) is 0 Å². The van der Waals surface area contributed by atoms with Gasteiger partial charge in [0.05, 0.1) is 6.04 Å². The Labute approximate surface area is 249 Å². The van der Waals surface area contributed by atoms with Crippen molar-refractivity contribution in [3.05, 3.63) is 64.2 Å². The molecule has 8 nitrogen and oxygen atoms in total. The average Bonchev–Trinajstić information content (AvgIpc) is 2.94. The van der Waals surface area contributed by atoms with E-state index in [1.165, 1.54) is 12.0 Å².